The summed E-state index contributed by atoms with van der Waals surface area (Å²) in [7, 11) is 1.70. The number of anilines is 4. The highest BCUT2D eigenvalue weighted by Crippen LogP contribution is 2.23. The second-order valence-corrected chi connectivity index (χ2v) is 3.60. The Bertz CT molecular complexity index is 530. The number of nitrogens with two attached hydrogens (primary N) is 1. The maximum Gasteiger partial charge on any atom is 0.233 e. The molecule has 0 spiro atoms. The van der Waals surface area contributed by atoms with Gasteiger partial charge >= 0.3 is 0 Å². The van der Waals surface area contributed by atoms with E-state index in [1.807, 2.05) is 18.2 Å². The number of para-hydroxylation sites is 1. The van der Waals surface area contributed by atoms with E-state index in [1.165, 1.54) is 0 Å². The molecule has 88 valence electrons. The van der Waals surface area contributed by atoms with Gasteiger partial charge in [0.25, 0.3) is 0 Å². The molecule has 0 saturated carbocycles. The average molecular weight is 251 g/mol. The van der Waals surface area contributed by atoms with Crippen molar-refractivity contribution in [3.63, 3.8) is 0 Å². The van der Waals surface area contributed by atoms with Crippen LogP contribution in [-0.4, -0.2) is 22.0 Å². The molecular formula is C10H11ClN6. The highest BCUT2D eigenvalue weighted by molar-refractivity contribution is 6.33. The summed E-state index contributed by atoms with van der Waals surface area (Å²) in [5.41, 5.74) is 6.26. The van der Waals surface area contributed by atoms with Crippen LogP contribution in [0.25, 0.3) is 0 Å². The van der Waals surface area contributed by atoms with Gasteiger partial charge in [0.1, 0.15) is 0 Å². The first-order valence-corrected chi connectivity index (χ1v) is 5.27. The molecule has 0 radical (unpaired) electrons. The number of nitrogens with zero attached hydrogens (tertiary/aromatic N) is 3. The van der Waals surface area contributed by atoms with Crippen molar-refractivity contribution in [2.75, 3.05) is 23.4 Å². The Morgan fingerprint density at radius 2 is 1.82 bits per heavy atom. The summed E-state index contributed by atoms with van der Waals surface area (Å²) >= 11 is 6.01. The fourth-order valence-corrected chi connectivity index (χ4v) is 1.43. The molecule has 1 heterocycles. The highest BCUT2D eigenvalue weighted by atomic mass is 35.5. The molecule has 0 saturated heterocycles. The van der Waals surface area contributed by atoms with Crippen LogP contribution in [0.4, 0.5) is 23.5 Å². The van der Waals surface area contributed by atoms with Crippen molar-refractivity contribution < 1.29 is 0 Å². The van der Waals surface area contributed by atoms with Crippen LogP contribution in [-0.2, 0) is 0 Å². The number of hydrogen-bond donors (Lipinski definition) is 3. The molecule has 0 amide bonds. The molecule has 0 aliphatic heterocycles. The van der Waals surface area contributed by atoms with Crippen LogP contribution < -0.4 is 16.4 Å². The molecule has 4 N–H and O–H groups in total. The summed E-state index contributed by atoms with van der Waals surface area (Å²) in [5, 5.41) is 6.35. The lowest BCUT2D eigenvalue weighted by Crippen LogP contribution is -2.06. The van der Waals surface area contributed by atoms with Gasteiger partial charge in [0.15, 0.2) is 0 Å². The number of nitrogens with one attached hydrogen (secondary N) is 2. The Kier molecular flexibility index (Phi) is 3.24. The van der Waals surface area contributed by atoms with Crippen molar-refractivity contribution in [3.05, 3.63) is 29.3 Å². The molecule has 2 rings (SSSR count). The van der Waals surface area contributed by atoms with Gasteiger partial charge in [0, 0.05) is 7.05 Å². The van der Waals surface area contributed by atoms with Crippen molar-refractivity contribution in [2.24, 2.45) is 0 Å². The lowest BCUT2D eigenvalue weighted by Gasteiger charge is -2.07. The predicted molar refractivity (Wildman–Crippen MR) is 68.5 cm³/mol. The smallest absolute Gasteiger partial charge is 0.233 e. The number of halogens is 1. The summed E-state index contributed by atoms with van der Waals surface area (Å²) in [6, 6.07) is 7.29. The molecule has 1 aromatic carbocycles. The fraction of sp³-hybridized carbons (Fsp3) is 0.100. The summed E-state index contributed by atoms with van der Waals surface area (Å²) in [6.07, 6.45) is 0. The first-order valence-electron chi connectivity index (χ1n) is 4.90. The third kappa shape index (κ3) is 2.73. The predicted octanol–water partition coefficient (Wildman–Crippen LogP) is 1.89. The van der Waals surface area contributed by atoms with Gasteiger partial charge in [0.05, 0.1) is 10.7 Å². The van der Waals surface area contributed by atoms with E-state index in [1.54, 1.807) is 13.1 Å². The molecule has 0 aliphatic rings. The van der Waals surface area contributed by atoms with E-state index in [4.69, 9.17) is 17.3 Å². The van der Waals surface area contributed by atoms with Crippen LogP contribution in [0.3, 0.4) is 0 Å². The van der Waals surface area contributed by atoms with Crippen LogP contribution in [0.15, 0.2) is 24.3 Å². The molecule has 7 heteroatoms. The molecule has 6 nitrogen and oxygen atoms in total. The highest BCUT2D eigenvalue weighted by Gasteiger charge is 2.05. The van der Waals surface area contributed by atoms with Gasteiger partial charge in [-0.05, 0) is 12.1 Å². The summed E-state index contributed by atoms with van der Waals surface area (Å²) in [6.45, 7) is 0. The van der Waals surface area contributed by atoms with Gasteiger partial charge in [-0.2, -0.15) is 15.0 Å². The Balaban J connectivity index is 2.30. The molecule has 17 heavy (non-hydrogen) atoms. The first-order chi connectivity index (χ1) is 8.19. The normalized spacial score (nSPS) is 10.0. The Hall–Kier alpha value is -2.08. The molecule has 0 bridgehead atoms. The topological polar surface area (TPSA) is 88.8 Å². The first kappa shape index (κ1) is 11.4. The minimum atomic E-state index is 0.138. The zero-order valence-electron chi connectivity index (χ0n) is 9.11. The van der Waals surface area contributed by atoms with Crippen molar-refractivity contribution in [3.8, 4) is 0 Å². The minimum absolute atomic E-state index is 0.138. The second-order valence-electron chi connectivity index (χ2n) is 3.20. The molecule has 0 fully saturated rings. The summed E-state index contributed by atoms with van der Waals surface area (Å²) in [4.78, 5) is 12.0. The zero-order chi connectivity index (χ0) is 12.3. The quantitative estimate of drug-likeness (QED) is 0.771. The molecule has 0 atom stereocenters. The van der Waals surface area contributed by atoms with Crippen LogP contribution in [0.1, 0.15) is 0 Å². The van der Waals surface area contributed by atoms with E-state index in [0.29, 0.717) is 22.6 Å². The van der Waals surface area contributed by atoms with E-state index < -0.39 is 0 Å². The second kappa shape index (κ2) is 4.84. The average Bonchev–Trinajstić information content (AvgIpc) is 2.31. The van der Waals surface area contributed by atoms with Crippen LogP contribution in [0.5, 0.6) is 0 Å². The SMILES string of the molecule is CNc1nc(N)nc(Nc2ccccc2Cl)n1. The van der Waals surface area contributed by atoms with E-state index in [0.717, 1.165) is 0 Å². The zero-order valence-corrected chi connectivity index (χ0v) is 9.86. The number of rotatable bonds is 3. The monoisotopic (exact) mass is 250 g/mol. The van der Waals surface area contributed by atoms with Gasteiger partial charge in [-0.3, -0.25) is 0 Å². The summed E-state index contributed by atoms with van der Waals surface area (Å²) < 4.78 is 0. The number of nitrogen functional groups attached to an aromatic ring is 1. The molecule has 0 unspecified atom stereocenters. The largest absolute Gasteiger partial charge is 0.368 e. The maximum atomic E-state index is 6.01. The minimum Gasteiger partial charge on any atom is -0.368 e. The van der Waals surface area contributed by atoms with Crippen LogP contribution in [0, 0.1) is 0 Å². The third-order valence-corrected chi connectivity index (χ3v) is 2.33. The maximum absolute atomic E-state index is 6.01. The van der Waals surface area contributed by atoms with Gasteiger partial charge < -0.3 is 16.4 Å². The van der Waals surface area contributed by atoms with Crippen LogP contribution >= 0.6 is 11.6 Å². The molecule has 2 aromatic rings. The van der Waals surface area contributed by atoms with E-state index in [9.17, 15) is 0 Å². The van der Waals surface area contributed by atoms with E-state index >= 15 is 0 Å². The van der Waals surface area contributed by atoms with Crippen molar-refractivity contribution in [2.45, 2.75) is 0 Å². The van der Waals surface area contributed by atoms with Gasteiger partial charge in [0.2, 0.25) is 17.8 Å². The Morgan fingerprint density at radius 1 is 1.12 bits per heavy atom. The van der Waals surface area contributed by atoms with E-state index in [-0.39, 0.29) is 5.95 Å². The fourth-order valence-electron chi connectivity index (χ4n) is 1.24. The van der Waals surface area contributed by atoms with Crippen molar-refractivity contribution in [1.29, 1.82) is 0 Å². The number of benzene rings is 1. The Labute approximate surface area is 103 Å². The summed E-state index contributed by atoms with van der Waals surface area (Å²) in [5.74, 6) is 0.876. The van der Waals surface area contributed by atoms with Crippen molar-refractivity contribution >= 4 is 35.1 Å². The van der Waals surface area contributed by atoms with Gasteiger partial charge in [-0.15, -0.1) is 0 Å². The number of aromatic nitrogens is 3. The number of hydrogen-bond acceptors (Lipinski definition) is 6. The van der Waals surface area contributed by atoms with E-state index in [2.05, 4.69) is 25.6 Å². The molecular weight excluding hydrogens is 240 g/mol. The molecule has 1 aromatic heterocycles. The lowest BCUT2D eigenvalue weighted by molar-refractivity contribution is 1.07. The third-order valence-electron chi connectivity index (χ3n) is 2.00. The standard InChI is InChI=1S/C10H11ClN6/c1-13-9-15-8(12)16-10(17-9)14-7-5-3-2-4-6(7)11/h2-5H,1H3,(H4,12,13,14,15,16,17). The van der Waals surface area contributed by atoms with Gasteiger partial charge in [-0.1, -0.05) is 23.7 Å². The lowest BCUT2D eigenvalue weighted by atomic mass is 10.3. The van der Waals surface area contributed by atoms with Crippen LogP contribution in [0.2, 0.25) is 5.02 Å². The molecule has 0 aliphatic carbocycles. The Morgan fingerprint density at radius 3 is 2.53 bits per heavy atom. The van der Waals surface area contributed by atoms with Gasteiger partial charge in [-0.25, -0.2) is 0 Å². The van der Waals surface area contributed by atoms with Crippen molar-refractivity contribution in [1.82, 2.24) is 15.0 Å².